The summed E-state index contributed by atoms with van der Waals surface area (Å²) in [5.41, 5.74) is 0.942. The number of carbonyl (C=O) groups is 4. The van der Waals surface area contributed by atoms with Crippen LogP contribution in [-0.4, -0.2) is 42.5 Å². The molecular weight excluding hydrogens is 453 g/mol. The fourth-order valence-electron chi connectivity index (χ4n) is 3.62. The van der Waals surface area contributed by atoms with E-state index in [1.807, 2.05) is 12.1 Å². The number of anilines is 1. The standard InChI is InChI=1S/C24H17F3N2O5/c1-13(20(30)28-12-24(25,26)27)34-23(33)15-8-10-16(11-9-15)29-21(31)17-6-2-4-14-5-3-7-18(19(14)17)22(29)32/h2-11,13H,12H2,1H3,(H,28,30). The number of amides is 3. The van der Waals surface area contributed by atoms with Crippen LogP contribution in [-0.2, 0) is 9.53 Å². The molecule has 1 unspecified atom stereocenters. The molecule has 0 spiro atoms. The summed E-state index contributed by atoms with van der Waals surface area (Å²) in [6.45, 7) is -0.405. The van der Waals surface area contributed by atoms with Gasteiger partial charge in [0.25, 0.3) is 17.7 Å². The number of nitrogens with zero attached hydrogens (tertiary/aromatic N) is 1. The van der Waals surface area contributed by atoms with E-state index in [-0.39, 0.29) is 11.3 Å². The molecule has 0 bridgehead atoms. The number of rotatable bonds is 5. The van der Waals surface area contributed by atoms with Gasteiger partial charge in [0, 0.05) is 16.5 Å². The summed E-state index contributed by atoms with van der Waals surface area (Å²) in [5, 5.41) is 2.98. The van der Waals surface area contributed by atoms with E-state index in [1.54, 1.807) is 29.6 Å². The number of hydrogen-bond donors (Lipinski definition) is 1. The number of esters is 1. The van der Waals surface area contributed by atoms with Gasteiger partial charge in [0.1, 0.15) is 6.54 Å². The molecule has 1 atom stereocenters. The van der Waals surface area contributed by atoms with E-state index in [0.29, 0.717) is 16.5 Å². The van der Waals surface area contributed by atoms with Crippen LogP contribution >= 0.6 is 0 Å². The molecule has 3 amide bonds. The van der Waals surface area contributed by atoms with Crippen molar-refractivity contribution >= 4 is 40.2 Å². The highest BCUT2D eigenvalue weighted by Crippen LogP contribution is 2.32. The summed E-state index contributed by atoms with van der Waals surface area (Å²) in [6, 6.07) is 15.6. The molecule has 0 saturated carbocycles. The lowest BCUT2D eigenvalue weighted by Crippen LogP contribution is -2.41. The van der Waals surface area contributed by atoms with Crippen molar-refractivity contribution in [2.45, 2.75) is 19.2 Å². The van der Waals surface area contributed by atoms with Crippen molar-refractivity contribution in [1.82, 2.24) is 5.32 Å². The van der Waals surface area contributed by atoms with E-state index in [9.17, 15) is 32.3 Å². The molecule has 7 nitrogen and oxygen atoms in total. The molecule has 0 aromatic heterocycles. The maximum absolute atomic E-state index is 13.1. The van der Waals surface area contributed by atoms with Crippen molar-refractivity contribution in [3.63, 3.8) is 0 Å². The lowest BCUT2D eigenvalue weighted by atomic mass is 9.94. The molecule has 1 heterocycles. The fraction of sp³-hybridized carbons (Fsp3) is 0.167. The number of halogens is 3. The van der Waals surface area contributed by atoms with Gasteiger partial charge in [-0.25, -0.2) is 9.69 Å². The van der Waals surface area contributed by atoms with Gasteiger partial charge < -0.3 is 10.1 Å². The van der Waals surface area contributed by atoms with Gasteiger partial charge in [-0.3, -0.25) is 14.4 Å². The number of carbonyl (C=O) groups excluding carboxylic acids is 4. The summed E-state index contributed by atoms with van der Waals surface area (Å²) in [5.74, 6) is -3.08. The van der Waals surface area contributed by atoms with Gasteiger partial charge in [0.2, 0.25) is 0 Å². The summed E-state index contributed by atoms with van der Waals surface area (Å²) < 4.78 is 41.6. The zero-order valence-electron chi connectivity index (χ0n) is 17.7. The predicted molar refractivity (Wildman–Crippen MR) is 115 cm³/mol. The van der Waals surface area contributed by atoms with E-state index in [2.05, 4.69) is 0 Å². The van der Waals surface area contributed by atoms with Crippen LogP contribution in [0, 0.1) is 0 Å². The average molecular weight is 470 g/mol. The topological polar surface area (TPSA) is 92.8 Å². The highest BCUT2D eigenvalue weighted by atomic mass is 19.4. The zero-order valence-corrected chi connectivity index (χ0v) is 17.7. The molecule has 174 valence electrons. The molecule has 4 rings (SSSR count). The summed E-state index contributed by atoms with van der Waals surface area (Å²) >= 11 is 0. The first-order valence-corrected chi connectivity index (χ1v) is 10.1. The first-order valence-electron chi connectivity index (χ1n) is 10.1. The maximum atomic E-state index is 13.1. The van der Waals surface area contributed by atoms with Crippen molar-refractivity contribution < 1.29 is 37.1 Å². The Morgan fingerprint density at radius 1 is 0.941 bits per heavy atom. The van der Waals surface area contributed by atoms with Crippen LogP contribution in [0.1, 0.15) is 38.0 Å². The first-order chi connectivity index (χ1) is 16.1. The number of imide groups is 1. The molecule has 1 aliphatic heterocycles. The summed E-state index contributed by atoms with van der Waals surface area (Å²) in [4.78, 5) is 51.1. The van der Waals surface area contributed by atoms with E-state index in [4.69, 9.17) is 4.74 Å². The van der Waals surface area contributed by atoms with Crippen LogP contribution in [0.15, 0.2) is 60.7 Å². The van der Waals surface area contributed by atoms with E-state index in [0.717, 1.165) is 17.2 Å². The van der Waals surface area contributed by atoms with Crippen LogP contribution in [0.3, 0.4) is 0 Å². The van der Waals surface area contributed by atoms with Gasteiger partial charge in [-0.2, -0.15) is 13.2 Å². The molecular formula is C24H17F3N2O5. The van der Waals surface area contributed by atoms with Crippen LogP contribution < -0.4 is 10.2 Å². The second-order valence-electron chi connectivity index (χ2n) is 7.58. The van der Waals surface area contributed by atoms with E-state index < -0.39 is 42.5 Å². The highest BCUT2D eigenvalue weighted by Gasteiger charge is 2.34. The van der Waals surface area contributed by atoms with Gasteiger partial charge >= 0.3 is 12.1 Å². The third-order valence-corrected chi connectivity index (χ3v) is 5.25. The largest absolute Gasteiger partial charge is 0.449 e. The first kappa shape index (κ1) is 23.0. The van der Waals surface area contributed by atoms with Crippen LogP contribution in [0.25, 0.3) is 10.8 Å². The zero-order chi connectivity index (χ0) is 24.6. The molecule has 34 heavy (non-hydrogen) atoms. The van der Waals surface area contributed by atoms with Crippen LogP contribution in [0.4, 0.5) is 18.9 Å². The third kappa shape index (κ3) is 4.34. The van der Waals surface area contributed by atoms with Crippen LogP contribution in [0.2, 0.25) is 0 Å². The maximum Gasteiger partial charge on any atom is 0.405 e. The third-order valence-electron chi connectivity index (χ3n) is 5.25. The molecule has 3 aromatic rings. The van der Waals surface area contributed by atoms with Crippen molar-refractivity contribution in [1.29, 1.82) is 0 Å². The monoisotopic (exact) mass is 470 g/mol. The van der Waals surface area contributed by atoms with Crippen LogP contribution in [0.5, 0.6) is 0 Å². The molecule has 1 N–H and O–H groups in total. The summed E-state index contributed by atoms with van der Waals surface area (Å²) in [7, 11) is 0. The van der Waals surface area contributed by atoms with Crippen molar-refractivity contribution in [2.24, 2.45) is 0 Å². The average Bonchev–Trinajstić information content (AvgIpc) is 2.80. The number of alkyl halides is 3. The van der Waals surface area contributed by atoms with Gasteiger partial charge in [-0.15, -0.1) is 0 Å². The molecule has 3 aromatic carbocycles. The minimum atomic E-state index is -4.59. The Balaban J connectivity index is 1.51. The number of hydrogen-bond acceptors (Lipinski definition) is 5. The second kappa shape index (κ2) is 8.62. The quantitative estimate of drug-likeness (QED) is 0.452. The predicted octanol–water partition coefficient (Wildman–Crippen LogP) is 3.86. The van der Waals surface area contributed by atoms with Gasteiger partial charge in [-0.05, 0) is 48.7 Å². The van der Waals surface area contributed by atoms with Gasteiger partial charge in [0.15, 0.2) is 6.10 Å². The number of nitrogens with one attached hydrogen (secondary N) is 1. The minimum absolute atomic E-state index is 0.0152. The molecule has 0 radical (unpaired) electrons. The molecule has 0 aliphatic carbocycles. The van der Waals surface area contributed by atoms with Gasteiger partial charge in [-0.1, -0.05) is 24.3 Å². The summed E-state index contributed by atoms with van der Waals surface area (Å²) in [6.07, 6.45) is -6.05. The van der Waals surface area contributed by atoms with E-state index in [1.165, 1.54) is 24.3 Å². The number of ether oxygens (including phenoxy) is 1. The Kier molecular flexibility index (Phi) is 5.82. The molecule has 0 saturated heterocycles. The smallest absolute Gasteiger partial charge is 0.405 e. The molecule has 1 aliphatic rings. The Labute approximate surface area is 191 Å². The lowest BCUT2D eigenvalue weighted by Gasteiger charge is -2.27. The highest BCUT2D eigenvalue weighted by molar-refractivity contribution is 6.35. The Morgan fingerprint density at radius 2 is 1.50 bits per heavy atom. The van der Waals surface area contributed by atoms with Crippen molar-refractivity contribution in [2.75, 3.05) is 11.4 Å². The van der Waals surface area contributed by atoms with E-state index >= 15 is 0 Å². The second-order valence-corrected chi connectivity index (χ2v) is 7.58. The Morgan fingerprint density at radius 3 is 2.03 bits per heavy atom. The lowest BCUT2D eigenvalue weighted by molar-refractivity contribution is -0.143. The molecule has 10 heteroatoms. The SMILES string of the molecule is CC(OC(=O)c1ccc(N2C(=O)c3cccc4cccc(c34)C2=O)cc1)C(=O)NCC(F)(F)F. The van der Waals surface area contributed by atoms with Crippen molar-refractivity contribution in [3.8, 4) is 0 Å². The molecule has 0 fully saturated rings. The Bertz CT molecular complexity index is 1270. The normalized spacial score (nSPS) is 14.2. The Hall–Kier alpha value is -4.21. The van der Waals surface area contributed by atoms with Crippen molar-refractivity contribution in [3.05, 3.63) is 77.4 Å². The fourth-order valence-corrected chi connectivity index (χ4v) is 3.62. The number of benzene rings is 3. The van der Waals surface area contributed by atoms with Gasteiger partial charge in [0.05, 0.1) is 11.3 Å². The minimum Gasteiger partial charge on any atom is -0.449 e.